The van der Waals surface area contributed by atoms with Gasteiger partial charge in [-0.15, -0.1) is 0 Å². The number of Topliss-reactive ketones (excluding diaryl/α,β-unsaturated/α-hetero) is 1. The third-order valence-electron chi connectivity index (χ3n) is 7.97. The Morgan fingerprint density at radius 2 is 1.93 bits per heavy atom. The minimum Gasteiger partial charge on any atom is -0.477 e. The first kappa shape index (κ1) is 28.5. The van der Waals surface area contributed by atoms with Crippen molar-refractivity contribution in [3.05, 3.63) is 65.7 Å². The van der Waals surface area contributed by atoms with Crippen molar-refractivity contribution in [2.75, 3.05) is 13.2 Å². The number of carbonyl (C=O) groups excluding carboxylic acids is 1. The normalized spacial score (nSPS) is 15.4. The summed E-state index contributed by atoms with van der Waals surface area (Å²) in [6.07, 6.45) is 5.50. The van der Waals surface area contributed by atoms with Gasteiger partial charge in [0.05, 0.1) is 42.6 Å². The summed E-state index contributed by atoms with van der Waals surface area (Å²) in [5, 5.41) is 22.8. The Morgan fingerprint density at radius 3 is 2.62 bits per heavy atom. The molecule has 1 aromatic carbocycles. The number of imidazole rings is 1. The number of aromatic nitrogens is 4. The van der Waals surface area contributed by atoms with Crippen LogP contribution in [0.25, 0.3) is 26.6 Å². The van der Waals surface area contributed by atoms with Gasteiger partial charge in [-0.3, -0.25) is 9.20 Å². The molecule has 2 N–H and O–H groups in total. The van der Waals surface area contributed by atoms with Gasteiger partial charge in [-0.2, -0.15) is 0 Å². The number of pyridine rings is 1. The largest absolute Gasteiger partial charge is 0.477 e. The van der Waals surface area contributed by atoms with Crippen molar-refractivity contribution in [1.82, 2.24) is 19.5 Å². The molecule has 220 valence electrons. The summed E-state index contributed by atoms with van der Waals surface area (Å²) in [5.41, 5.74) is 4.37. The van der Waals surface area contributed by atoms with Gasteiger partial charge in [0.15, 0.2) is 4.96 Å². The molecule has 4 heterocycles. The number of hydrogen-bond donors (Lipinski definition) is 2. The standard InChI is InChI=1S/C32H36N4O5S/c1-31(2,3)27-16-22(35-41-27)15-24(39)14-20-4-6-21(7-5-20)25-17-36-26-8-9-28(34-29(26)42-30(36)33-25)40-19-32(12-13-32)11-10-23(38)18-37/h4-9,16-17,23,37-38H,10-15,18-19H2,1-3H3/t23-/m1/s1. The average Bonchev–Trinajstić information content (AvgIpc) is 3.23. The maximum atomic E-state index is 12.7. The highest BCUT2D eigenvalue weighted by atomic mass is 32.1. The van der Waals surface area contributed by atoms with E-state index in [9.17, 15) is 9.90 Å². The van der Waals surface area contributed by atoms with Crippen molar-refractivity contribution in [2.24, 2.45) is 5.41 Å². The van der Waals surface area contributed by atoms with E-state index in [1.165, 1.54) is 11.3 Å². The third kappa shape index (κ3) is 6.25. The van der Waals surface area contributed by atoms with Crippen molar-refractivity contribution in [3.63, 3.8) is 0 Å². The van der Waals surface area contributed by atoms with E-state index in [4.69, 9.17) is 24.3 Å². The highest BCUT2D eigenvalue weighted by Gasteiger charge is 2.43. The van der Waals surface area contributed by atoms with Gasteiger partial charge in [0.2, 0.25) is 5.88 Å². The molecule has 0 unspecified atom stereocenters. The fourth-order valence-corrected chi connectivity index (χ4v) is 6.03. The molecule has 0 amide bonds. The van der Waals surface area contributed by atoms with E-state index < -0.39 is 6.10 Å². The van der Waals surface area contributed by atoms with Crippen LogP contribution in [0.3, 0.4) is 0 Å². The number of nitrogens with zero attached hydrogens (tertiary/aromatic N) is 4. The molecular weight excluding hydrogens is 552 g/mol. The Balaban J connectivity index is 1.08. The lowest BCUT2D eigenvalue weighted by Crippen LogP contribution is -2.18. The first-order valence-corrected chi connectivity index (χ1v) is 15.2. The van der Waals surface area contributed by atoms with Gasteiger partial charge in [-0.05, 0) is 37.3 Å². The van der Waals surface area contributed by atoms with Gasteiger partial charge in [-0.25, -0.2) is 9.97 Å². The van der Waals surface area contributed by atoms with E-state index in [-0.39, 0.29) is 29.6 Å². The van der Waals surface area contributed by atoms with Crippen LogP contribution in [0.15, 0.2) is 53.2 Å². The van der Waals surface area contributed by atoms with E-state index in [1.54, 1.807) is 0 Å². The number of aliphatic hydroxyl groups excluding tert-OH is 2. The molecule has 6 rings (SSSR count). The van der Waals surface area contributed by atoms with E-state index in [0.29, 0.717) is 31.0 Å². The molecule has 1 atom stereocenters. The molecule has 1 aliphatic carbocycles. The molecule has 9 nitrogen and oxygen atoms in total. The lowest BCUT2D eigenvalue weighted by molar-refractivity contribution is -0.117. The maximum Gasteiger partial charge on any atom is 0.214 e. The van der Waals surface area contributed by atoms with Crippen LogP contribution < -0.4 is 4.74 Å². The zero-order chi connectivity index (χ0) is 29.5. The molecule has 1 saturated carbocycles. The predicted octanol–water partition coefficient (Wildman–Crippen LogP) is 5.54. The molecule has 0 saturated heterocycles. The predicted molar refractivity (Wildman–Crippen MR) is 161 cm³/mol. The van der Waals surface area contributed by atoms with E-state index in [1.807, 2.05) is 53.1 Å². The minimum absolute atomic E-state index is 0.0851. The number of rotatable bonds is 12. The van der Waals surface area contributed by atoms with E-state index in [0.717, 1.165) is 57.2 Å². The van der Waals surface area contributed by atoms with Crippen LogP contribution in [0.1, 0.15) is 63.5 Å². The smallest absolute Gasteiger partial charge is 0.214 e. The molecule has 4 aromatic heterocycles. The molecule has 5 aromatic rings. The van der Waals surface area contributed by atoms with Gasteiger partial charge >= 0.3 is 0 Å². The van der Waals surface area contributed by atoms with Crippen LogP contribution in [0.2, 0.25) is 0 Å². The summed E-state index contributed by atoms with van der Waals surface area (Å²) in [5.74, 6) is 1.46. The summed E-state index contributed by atoms with van der Waals surface area (Å²) in [4.78, 5) is 23.9. The van der Waals surface area contributed by atoms with E-state index >= 15 is 0 Å². The maximum absolute atomic E-state index is 12.7. The number of ketones is 1. The van der Waals surface area contributed by atoms with Crippen molar-refractivity contribution in [3.8, 4) is 17.1 Å². The first-order chi connectivity index (χ1) is 20.1. The Bertz CT molecular complexity index is 1710. The summed E-state index contributed by atoms with van der Waals surface area (Å²) >= 11 is 1.51. The van der Waals surface area contributed by atoms with Crippen LogP contribution in [-0.4, -0.2) is 54.8 Å². The Labute approximate surface area is 248 Å². The summed E-state index contributed by atoms with van der Waals surface area (Å²) < 4.78 is 13.5. The molecule has 0 radical (unpaired) electrons. The minimum atomic E-state index is -0.662. The highest BCUT2D eigenvalue weighted by Crippen LogP contribution is 2.50. The third-order valence-corrected chi connectivity index (χ3v) is 8.93. The van der Waals surface area contributed by atoms with Crippen LogP contribution in [0.4, 0.5) is 0 Å². The van der Waals surface area contributed by atoms with Crippen molar-refractivity contribution in [2.45, 2.75) is 70.8 Å². The fraction of sp³-hybridized carbons (Fsp3) is 0.438. The lowest BCUT2D eigenvalue weighted by Gasteiger charge is -2.17. The number of benzene rings is 1. The van der Waals surface area contributed by atoms with Crippen molar-refractivity contribution in [1.29, 1.82) is 0 Å². The quantitative estimate of drug-likeness (QED) is 0.195. The van der Waals surface area contributed by atoms with Crippen LogP contribution in [0.5, 0.6) is 5.88 Å². The van der Waals surface area contributed by atoms with Gasteiger partial charge in [0.1, 0.15) is 16.4 Å². The molecule has 0 bridgehead atoms. The lowest BCUT2D eigenvalue weighted by atomic mass is 9.93. The van der Waals surface area contributed by atoms with Crippen molar-refractivity contribution >= 4 is 32.4 Å². The molecule has 0 spiro atoms. The molecule has 42 heavy (non-hydrogen) atoms. The number of fused-ring (bicyclic) bond motifs is 3. The van der Waals surface area contributed by atoms with E-state index in [2.05, 4.69) is 25.9 Å². The average molecular weight is 589 g/mol. The second-order valence-electron chi connectivity index (χ2n) is 12.5. The summed E-state index contributed by atoms with van der Waals surface area (Å²) in [6, 6.07) is 13.7. The monoisotopic (exact) mass is 588 g/mol. The molecule has 0 aliphatic heterocycles. The van der Waals surface area contributed by atoms with Crippen molar-refractivity contribution < 1.29 is 24.3 Å². The number of carbonyl (C=O) groups is 1. The SMILES string of the molecule is CC(C)(C)c1cc(CC(=O)Cc2ccc(-c3cn4c(n3)sc3nc(OCC5(CC[C@@H](O)CO)CC5)ccc34)cc2)no1. The summed E-state index contributed by atoms with van der Waals surface area (Å²) in [6.45, 7) is 6.52. The van der Waals surface area contributed by atoms with Gasteiger partial charge in [-0.1, -0.05) is 61.5 Å². The molecule has 1 fully saturated rings. The van der Waals surface area contributed by atoms with Crippen LogP contribution in [0, 0.1) is 5.41 Å². The highest BCUT2D eigenvalue weighted by molar-refractivity contribution is 7.23. The Kier molecular flexibility index (Phi) is 7.63. The Morgan fingerprint density at radius 1 is 1.14 bits per heavy atom. The first-order valence-electron chi connectivity index (χ1n) is 14.4. The molecule has 1 aliphatic rings. The fourth-order valence-electron chi connectivity index (χ4n) is 5.06. The zero-order valence-corrected chi connectivity index (χ0v) is 25.0. The zero-order valence-electron chi connectivity index (χ0n) is 24.2. The second kappa shape index (κ2) is 11.2. The molecule has 10 heteroatoms. The number of ether oxygens (including phenoxy) is 1. The van der Waals surface area contributed by atoms with Gasteiger partial charge in [0, 0.05) is 41.1 Å². The Hall–Kier alpha value is -3.60. The summed E-state index contributed by atoms with van der Waals surface area (Å²) in [7, 11) is 0. The number of aliphatic hydroxyl groups is 2. The number of hydrogen-bond acceptors (Lipinski definition) is 9. The molecular formula is C32H36N4O5S. The van der Waals surface area contributed by atoms with Crippen LogP contribution >= 0.6 is 11.3 Å². The van der Waals surface area contributed by atoms with Gasteiger partial charge in [0.25, 0.3) is 0 Å². The number of thiazole rings is 1. The van der Waals surface area contributed by atoms with Gasteiger partial charge < -0.3 is 19.5 Å². The second-order valence-corrected chi connectivity index (χ2v) is 13.5. The topological polar surface area (TPSA) is 123 Å². The van der Waals surface area contributed by atoms with Crippen LogP contribution in [-0.2, 0) is 23.1 Å².